The minimum absolute atomic E-state index is 0. The molecule has 7 heteroatoms. The van der Waals surface area contributed by atoms with Crippen molar-refractivity contribution in [1.82, 2.24) is 5.32 Å². The van der Waals surface area contributed by atoms with Gasteiger partial charge < -0.3 is 20.1 Å². The van der Waals surface area contributed by atoms with Gasteiger partial charge in [-0.05, 0) is 61.6 Å². The van der Waals surface area contributed by atoms with Crippen LogP contribution in [0.1, 0.15) is 45.5 Å². The van der Waals surface area contributed by atoms with E-state index in [1.807, 2.05) is 12.1 Å². The number of hydrogen-bond donors (Lipinski definition) is 2. The van der Waals surface area contributed by atoms with Gasteiger partial charge in [-0.1, -0.05) is 12.1 Å². The molecule has 1 amide bonds. The maximum Gasteiger partial charge on any atom is 0.335 e. The number of methoxy groups -OCH3 is 1. The summed E-state index contributed by atoms with van der Waals surface area (Å²) in [5, 5.41) is 11.9. The van der Waals surface area contributed by atoms with Crippen molar-refractivity contribution in [3.63, 3.8) is 0 Å². The van der Waals surface area contributed by atoms with Gasteiger partial charge in [-0.25, -0.2) is 4.79 Å². The fourth-order valence-corrected chi connectivity index (χ4v) is 3.46. The lowest BCUT2D eigenvalue weighted by atomic mass is 10.1. The summed E-state index contributed by atoms with van der Waals surface area (Å²) in [4.78, 5) is 26.0. The highest BCUT2D eigenvalue weighted by Crippen LogP contribution is 2.28. The molecule has 29 heavy (non-hydrogen) atoms. The van der Waals surface area contributed by atoms with E-state index in [1.54, 1.807) is 37.4 Å². The van der Waals surface area contributed by atoms with Crippen molar-refractivity contribution in [3.05, 3.63) is 59.2 Å². The number of nitrogens with one attached hydrogen (secondary N) is 1. The number of carboxylic acids is 1. The van der Waals surface area contributed by atoms with Gasteiger partial charge in [0.05, 0.1) is 18.2 Å². The molecule has 2 aromatic rings. The fraction of sp³-hybridized carbons (Fsp3) is 0.364. The van der Waals surface area contributed by atoms with Crippen LogP contribution in [0, 0.1) is 0 Å². The predicted molar refractivity (Wildman–Crippen MR) is 116 cm³/mol. The zero-order chi connectivity index (χ0) is 19.9. The Hall–Kier alpha value is -2.73. The van der Waals surface area contributed by atoms with E-state index in [0.29, 0.717) is 24.3 Å². The van der Waals surface area contributed by atoms with Gasteiger partial charge in [0, 0.05) is 25.3 Å². The lowest BCUT2D eigenvalue weighted by Gasteiger charge is -2.30. The van der Waals surface area contributed by atoms with E-state index in [2.05, 4.69) is 10.2 Å². The van der Waals surface area contributed by atoms with E-state index in [0.717, 1.165) is 37.2 Å². The molecule has 0 saturated carbocycles. The van der Waals surface area contributed by atoms with E-state index in [-0.39, 0.29) is 23.9 Å². The van der Waals surface area contributed by atoms with Gasteiger partial charge in [0.1, 0.15) is 5.75 Å². The lowest BCUT2D eigenvalue weighted by Crippen LogP contribution is -2.33. The Bertz CT molecular complexity index is 833. The SMILES string of the molecule is COc1ccc(N2CCCCC2)c(C(=O)NCCc2ccc(C(=O)O)cc2)c1.Cl. The van der Waals surface area contributed by atoms with Gasteiger partial charge in [-0.15, -0.1) is 12.4 Å². The molecule has 0 atom stereocenters. The largest absolute Gasteiger partial charge is 0.497 e. The quantitative estimate of drug-likeness (QED) is 0.715. The second-order valence-corrected chi connectivity index (χ2v) is 6.94. The summed E-state index contributed by atoms with van der Waals surface area (Å²) >= 11 is 0. The van der Waals surface area contributed by atoms with E-state index in [4.69, 9.17) is 9.84 Å². The molecule has 0 unspecified atom stereocenters. The van der Waals surface area contributed by atoms with Crippen LogP contribution in [0.2, 0.25) is 0 Å². The summed E-state index contributed by atoms with van der Waals surface area (Å²) in [7, 11) is 1.60. The zero-order valence-electron chi connectivity index (χ0n) is 16.5. The fourth-order valence-electron chi connectivity index (χ4n) is 3.46. The molecule has 1 aliphatic heterocycles. The number of hydrogen-bond acceptors (Lipinski definition) is 4. The summed E-state index contributed by atoms with van der Waals surface area (Å²) in [6, 6.07) is 12.4. The van der Waals surface area contributed by atoms with Crippen LogP contribution in [0.5, 0.6) is 5.75 Å². The van der Waals surface area contributed by atoms with Crippen LogP contribution in [0.15, 0.2) is 42.5 Å². The van der Waals surface area contributed by atoms with Crippen LogP contribution < -0.4 is 15.0 Å². The number of anilines is 1. The van der Waals surface area contributed by atoms with Crippen LogP contribution in [0.3, 0.4) is 0 Å². The highest BCUT2D eigenvalue weighted by atomic mass is 35.5. The molecule has 2 N–H and O–H groups in total. The first-order chi connectivity index (χ1) is 13.6. The summed E-state index contributed by atoms with van der Waals surface area (Å²) in [5.74, 6) is -0.403. The van der Waals surface area contributed by atoms with Crippen molar-refractivity contribution >= 4 is 30.0 Å². The van der Waals surface area contributed by atoms with Crippen LogP contribution >= 0.6 is 12.4 Å². The average molecular weight is 419 g/mol. The first-order valence-electron chi connectivity index (χ1n) is 9.62. The van der Waals surface area contributed by atoms with Crippen LogP contribution in [-0.4, -0.2) is 43.7 Å². The number of benzene rings is 2. The van der Waals surface area contributed by atoms with Crippen molar-refractivity contribution in [2.24, 2.45) is 0 Å². The van der Waals surface area contributed by atoms with Crippen molar-refractivity contribution in [1.29, 1.82) is 0 Å². The molecule has 0 aliphatic carbocycles. The molecule has 1 aliphatic rings. The van der Waals surface area contributed by atoms with Gasteiger partial charge >= 0.3 is 5.97 Å². The Labute approximate surface area is 177 Å². The molecule has 1 saturated heterocycles. The van der Waals surface area contributed by atoms with Gasteiger partial charge in [-0.2, -0.15) is 0 Å². The number of nitrogens with zero attached hydrogens (tertiary/aromatic N) is 1. The Balaban J connectivity index is 0.00000300. The maximum atomic E-state index is 12.8. The van der Waals surface area contributed by atoms with Crippen molar-refractivity contribution in [2.45, 2.75) is 25.7 Å². The third-order valence-corrected chi connectivity index (χ3v) is 5.05. The summed E-state index contributed by atoms with van der Waals surface area (Å²) in [5.41, 5.74) is 2.81. The Morgan fingerprint density at radius 3 is 2.38 bits per heavy atom. The molecule has 3 rings (SSSR count). The number of ether oxygens (including phenoxy) is 1. The molecule has 1 heterocycles. The van der Waals surface area contributed by atoms with Gasteiger partial charge in [-0.3, -0.25) is 4.79 Å². The number of aromatic carboxylic acids is 1. The second kappa shape index (κ2) is 10.7. The maximum absolute atomic E-state index is 12.8. The molecular formula is C22H27ClN2O4. The predicted octanol–water partition coefficient (Wildman–Crippen LogP) is 3.78. The normalized spacial score (nSPS) is 13.3. The van der Waals surface area contributed by atoms with E-state index in [9.17, 15) is 9.59 Å². The molecule has 6 nitrogen and oxygen atoms in total. The van der Waals surface area contributed by atoms with Crippen molar-refractivity contribution < 1.29 is 19.4 Å². The molecule has 2 aromatic carbocycles. The smallest absolute Gasteiger partial charge is 0.335 e. The number of amides is 1. The van der Waals surface area contributed by atoms with Crippen LogP contribution in [0.25, 0.3) is 0 Å². The second-order valence-electron chi connectivity index (χ2n) is 6.94. The standard InChI is InChI=1S/C22H26N2O4.ClH/c1-28-18-9-10-20(24-13-3-2-4-14-24)19(15-18)21(25)23-12-11-16-5-7-17(8-6-16)22(26)27;/h5-10,15H,2-4,11-14H2,1H3,(H,23,25)(H,26,27);1H. The van der Waals surface area contributed by atoms with E-state index < -0.39 is 5.97 Å². The molecule has 0 bridgehead atoms. The lowest BCUT2D eigenvalue weighted by molar-refractivity contribution is 0.0696. The number of rotatable bonds is 7. The van der Waals surface area contributed by atoms with Crippen molar-refractivity contribution in [2.75, 3.05) is 31.6 Å². The number of carboxylic acid groups (broad SMARTS) is 1. The number of piperidine rings is 1. The first kappa shape index (κ1) is 22.6. The molecule has 156 valence electrons. The number of carbonyl (C=O) groups is 2. The highest BCUT2D eigenvalue weighted by molar-refractivity contribution is 6.00. The topological polar surface area (TPSA) is 78.9 Å². The average Bonchev–Trinajstić information content (AvgIpc) is 2.74. The summed E-state index contributed by atoms with van der Waals surface area (Å²) in [6.07, 6.45) is 4.14. The van der Waals surface area contributed by atoms with E-state index >= 15 is 0 Å². The molecule has 0 spiro atoms. The van der Waals surface area contributed by atoms with Crippen LogP contribution in [-0.2, 0) is 6.42 Å². The monoisotopic (exact) mass is 418 g/mol. The Morgan fingerprint density at radius 1 is 1.07 bits per heavy atom. The Morgan fingerprint density at radius 2 is 1.76 bits per heavy atom. The third-order valence-electron chi connectivity index (χ3n) is 5.05. The molecule has 0 aromatic heterocycles. The van der Waals surface area contributed by atoms with Gasteiger partial charge in [0.15, 0.2) is 0 Å². The third kappa shape index (κ3) is 5.87. The van der Waals surface area contributed by atoms with Crippen molar-refractivity contribution in [3.8, 4) is 5.75 Å². The number of carbonyl (C=O) groups excluding carboxylic acids is 1. The Kier molecular flexibility index (Phi) is 8.34. The summed E-state index contributed by atoms with van der Waals surface area (Å²) in [6.45, 7) is 2.40. The molecular weight excluding hydrogens is 392 g/mol. The number of halogens is 1. The van der Waals surface area contributed by atoms with Gasteiger partial charge in [0.25, 0.3) is 5.91 Å². The minimum Gasteiger partial charge on any atom is -0.497 e. The van der Waals surface area contributed by atoms with Gasteiger partial charge in [0.2, 0.25) is 0 Å². The highest BCUT2D eigenvalue weighted by Gasteiger charge is 2.19. The zero-order valence-corrected chi connectivity index (χ0v) is 17.3. The molecule has 0 radical (unpaired) electrons. The molecule has 1 fully saturated rings. The minimum atomic E-state index is -0.942. The van der Waals surface area contributed by atoms with Crippen LogP contribution in [0.4, 0.5) is 5.69 Å². The summed E-state index contributed by atoms with van der Waals surface area (Å²) < 4.78 is 5.31. The first-order valence-corrected chi connectivity index (χ1v) is 9.62. The van der Waals surface area contributed by atoms with E-state index in [1.165, 1.54) is 6.42 Å².